The van der Waals surface area contributed by atoms with Crippen LogP contribution in [-0.4, -0.2) is 84.2 Å². The third-order valence-corrected chi connectivity index (χ3v) is 11.8. The van der Waals surface area contributed by atoms with Crippen LogP contribution in [0.5, 0.6) is 11.6 Å². The number of methoxy groups -OCH3 is 2. The molecule has 0 radical (unpaired) electrons. The van der Waals surface area contributed by atoms with Crippen molar-refractivity contribution in [3.05, 3.63) is 81.6 Å². The molecule has 1 atom stereocenters. The smallest absolute Gasteiger partial charge is 0.311 e. The fraction of sp³-hybridized carbons (Fsp3) is 0.400. The average molecular weight is 743 g/mol. The second-order valence-electron chi connectivity index (χ2n) is 14.2. The van der Waals surface area contributed by atoms with Crippen molar-refractivity contribution in [2.45, 2.75) is 50.7 Å². The largest absolute Gasteiger partial charge is 0.496 e. The predicted octanol–water partition coefficient (Wildman–Crippen LogP) is 6.75. The van der Waals surface area contributed by atoms with Gasteiger partial charge in [0.1, 0.15) is 11.4 Å². The summed E-state index contributed by atoms with van der Waals surface area (Å²) in [5, 5.41) is 4.22. The molecule has 0 unspecified atom stereocenters. The topological polar surface area (TPSA) is 106 Å². The van der Waals surface area contributed by atoms with Gasteiger partial charge in [-0.1, -0.05) is 65.7 Å². The Morgan fingerprint density at radius 2 is 1.69 bits per heavy atom. The number of esters is 1. The van der Waals surface area contributed by atoms with Crippen molar-refractivity contribution in [2.24, 2.45) is 5.92 Å². The maximum atomic E-state index is 12.2. The van der Waals surface area contributed by atoms with Gasteiger partial charge < -0.3 is 19.5 Å². The lowest BCUT2D eigenvalue weighted by Gasteiger charge is -2.47. The molecule has 3 aromatic carbocycles. The molecule has 12 heteroatoms. The van der Waals surface area contributed by atoms with Gasteiger partial charge in [0.25, 0.3) is 0 Å². The first-order valence-electron chi connectivity index (χ1n) is 17.8. The van der Waals surface area contributed by atoms with Gasteiger partial charge in [0.05, 0.1) is 54.2 Å². The predicted molar refractivity (Wildman–Crippen MR) is 200 cm³/mol. The molecule has 3 saturated heterocycles. The highest BCUT2D eigenvalue weighted by molar-refractivity contribution is 6.39. The van der Waals surface area contributed by atoms with Crippen LogP contribution in [0.2, 0.25) is 10.0 Å². The lowest BCUT2D eigenvalue weighted by Crippen LogP contribution is -2.66. The van der Waals surface area contributed by atoms with Gasteiger partial charge in [0, 0.05) is 73.0 Å². The summed E-state index contributed by atoms with van der Waals surface area (Å²) in [6.07, 6.45) is 5.07. The minimum atomic E-state index is -0.112. The Balaban J connectivity index is 1.04. The van der Waals surface area contributed by atoms with Crippen molar-refractivity contribution in [1.82, 2.24) is 25.1 Å². The molecule has 4 heterocycles. The van der Waals surface area contributed by atoms with Gasteiger partial charge in [-0.15, -0.1) is 0 Å². The van der Waals surface area contributed by atoms with E-state index in [9.17, 15) is 9.59 Å². The van der Waals surface area contributed by atoms with Crippen molar-refractivity contribution in [3.8, 4) is 45.1 Å². The quantitative estimate of drug-likeness (QED) is 0.177. The van der Waals surface area contributed by atoms with Gasteiger partial charge in [-0.05, 0) is 43.4 Å². The summed E-state index contributed by atoms with van der Waals surface area (Å²) < 4.78 is 16.9. The molecule has 1 amide bonds. The Morgan fingerprint density at radius 1 is 0.981 bits per heavy atom. The van der Waals surface area contributed by atoms with Crippen LogP contribution in [0, 0.1) is 5.92 Å². The summed E-state index contributed by atoms with van der Waals surface area (Å²) in [6.45, 7) is 5.80. The number of nitrogens with zero attached hydrogens (tertiary/aromatic N) is 4. The molecule has 0 saturated carbocycles. The van der Waals surface area contributed by atoms with Crippen LogP contribution in [0.1, 0.15) is 49.0 Å². The minimum Gasteiger partial charge on any atom is -0.496 e. The SMILES string of the molecule is CCOC(=O)C1CN([C@H]2CCc3cc(-c4cccc(-c5cccc(-c6cnc(CN7CC8(CCC(=O)N8)C7)c(OC)n6)c5Cl)c4Cl)cc(OC)c32)C1. The van der Waals surface area contributed by atoms with Crippen LogP contribution in [0.15, 0.2) is 54.7 Å². The van der Waals surface area contributed by atoms with E-state index in [-0.39, 0.29) is 29.4 Å². The van der Waals surface area contributed by atoms with Gasteiger partial charge in [-0.25, -0.2) is 4.98 Å². The molecule has 4 aromatic rings. The number of rotatable bonds is 10. The average Bonchev–Trinajstić information content (AvgIpc) is 3.71. The molecule has 270 valence electrons. The fourth-order valence-corrected chi connectivity index (χ4v) is 9.08. The number of likely N-dealkylation sites (tertiary alicyclic amines) is 2. The first kappa shape index (κ1) is 34.8. The number of aryl methyl sites for hydroxylation is 1. The molecular formula is C40H41Cl2N5O5. The molecule has 1 spiro atoms. The Hall–Kier alpha value is -4.22. The van der Waals surface area contributed by atoms with E-state index in [1.807, 2.05) is 43.3 Å². The lowest BCUT2D eigenvalue weighted by molar-refractivity contribution is -0.155. The molecule has 3 fully saturated rings. The highest BCUT2D eigenvalue weighted by atomic mass is 35.5. The Morgan fingerprint density at radius 3 is 2.37 bits per heavy atom. The zero-order chi connectivity index (χ0) is 36.1. The molecule has 10 nitrogen and oxygen atoms in total. The Labute approximate surface area is 313 Å². The van der Waals surface area contributed by atoms with E-state index in [1.165, 1.54) is 11.1 Å². The van der Waals surface area contributed by atoms with Crippen molar-refractivity contribution in [1.29, 1.82) is 0 Å². The van der Waals surface area contributed by atoms with Crippen LogP contribution in [0.3, 0.4) is 0 Å². The van der Waals surface area contributed by atoms with Gasteiger partial charge in [-0.2, -0.15) is 0 Å². The Kier molecular flexibility index (Phi) is 9.36. The van der Waals surface area contributed by atoms with E-state index >= 15 is 0 Å². The first-order chi connectivity index (χ1) is 25.2. The second kappa shape index (κ2) is 14.0. The second-order valence-corrected chi connectivity index (χ2v) is 15.0. The summed E-state index contributed by atoms with van der Waals surface area (Å²) in [7, 11) is 3.30. The van der Waals surface area contributed by atoms with Crippen LogP contribution in [0.25, 0.3) is 33.5 Å². The van der Waals surface area contributed by atoms with E-state index in [4.69, 9.17) is 47.4 Å². The number of nitrogens with one attached hydrogen (secondary N) is 1. The first-order valence-corrected chi connectivity index (χ1v) is 18.6. The summed E-state index contributed by atoms with van der Waals surface area (Å²) in [4.78, 5) is 38.2. The number of carbonyl (C=O) groups excluding carboxylic acids is 2. The highest BCUT2D eigenvalue weighted by Crippen LogP contribution is 2.48. The van der Waals surface area contributed by atoms with E-state index in [2.05, 4.69) is 27.2 Å². The van der Waals surface area contributed by atoms with Gasteiger partial charge in [0.15, 0.2) is 0 Å². The molecule has 3 aliphatic heterocycles. The number of benzene rings is 3. The zero-order valence-electron chi connectivity index (χ0n) is 29.5. The van der Waals surface area contributed by atoms with Crippen molar-refractivity contribution >= 4 is 35.1 Å². The molecule has 52 heavy (non-hydrogen) atoms. The molecule has 1 aliphatic carbocycles. The molecular weight excluding hydrogens is 701 g/mol. The van der Waals surface area contributed by atoms with Crippen LogP contribution in [0.4, 0.5) is 0 Å². The number of ether oxygens (including phenoxy) is 3. The third kappa shape index (κ3) is 6.19. The maximum absolute atomic E-state index is 12.2. The summed E-state index contributed by atoms with van der Waals surface area (Å²) in [5.74, 6) is 1.21. The van der Waals surface area contributed by atoms with Gasteiger partial charge in [0.2, 0.25) is 11.8 Å². The number of carbonyl (C=O) groups is 2. The van der Waals surface area contributed by atoms with Crippen LogP contribution < -0.4 is 14.8 Å². The number of hydrogen-bond acceptors (Lipinski definition) is 9. The minimum absolute atomic E-state index is 0.0677. The molecule has 8 rings (SSSR count). The van der Waals surface area contributed by atoms with Crippen molar-refractivity contribution < 1.29 is 23.8 Å². The molecule has 4 aliphatic rings. The molecule has 1 aromatic heterocycles. The fourth-order valence-electron chi connectivity index (χ4n) is 8.42. The van der Waals surface area contributed by atoms with Crippen LogP contribution >= 0.6 is 23.2 Å². The highest BCUT2D eigenvalue weighted by Gasteiger charge is 2.47. The summed E-state index contributed by atoms with van der Waals surface area (Å²) >= 11 is 14.4. The van der Waals surface area contributed by atoms with E-state index < -0.39 is 0 Å². The third-order valence-electron chi connectivity index (χ3n) is 11.0. The summed E-state index contributed by atoms with van der Waals surface area (Å²) in [5.41, 5.74) is 7.79. The number of hydrogen-bond donors (Lipinski definition) is 1. The molecule has 0 bridgehead atoms. The van der Waals surface area contributed by atoms with E-state index in [1.54, 1.807) is 20.4 Å². The van der Waals surface area contributed by atoms with E-state index in [0.717, 1.165) is 71.6 Å². The number of aromatic nitrogens is 2. The van der Waals surface area contributed by atoms with Gasteiger partial charge >= 0.3 is 5.97 Å². The van der Waals surface area contributed by atoms with Crippen LogP contribution in [-0.2, 0) is 27.3 Å². The maximum Gasteiger partial charge on any atom is 0.311 e. The number of amides is 1. The van der Waals surface area contributed by atoms with Gasteiger partial charge in [-0.3, -0.25) is 24.4 Å². The van der Waals surface area contributed by atoms with E-state index in [0.29, 0.717) is 54.3 Å². The number of fused-ring (bicyclic) bond motifs is 1. The Bertz CT molecular complexity index is 2060. The van der Waals surface area contributed by atoms with Crippen molar-refractivity contribution in [3.63, 3.8) is 0 Å². The standard InChI is InChI=1S/C40H41Cl2N5O5/c1-4-52-39(49)25-18-47(19-25)32-12-11-23-15-24(16-33(50-2)35(23)32)26-7-5-8-27(36(26)41)28-9-6-10-29(37(28)42)30-17-43-31(38(44-30)51-3)20-46-21-40(22-46)14-13-34(48)45-40/h5-10,15-17,25,32H,4,11-14,18-22H2,1-3H3,(H,45,48)/t32-/m0/s1. The lowest BCUT2D eigenvalue weighted by atomic mass is 9.88. The monoisotopic (exact) mass is 741 g/mol. The molecule has 1 N–H and O–H groups in total. The number of halogens is 2. The summed E-state index contributed by atoms with van der Waals surface area (Å²) in [6, 6.07) is 16.3. The van der Waals surface area contributed by atoms with Crippen molar-refractivity contribution in [2.75, 3.05) is 47.0 Å². The normalized spacial score (nSPS) is 19.6. The zero-order valence-corrected chi connectivity index (χ0v) is 31.0.